The average molecular weight is 176 g/mol. The maximum atomic E-state index is 8.41. The highest BCUT2D eigenvalue weighted by Crippen LogP contribution is 1.92. The van der Waals surface area contributed by atoms with Gasteiger partial charge >= 0.3 is 0 Å². The van der Waals surface area contributed by atoms with Crippen LogP contribution < -0.4 is 5.73 Å². The quantitative estimate of drug-likeness (QED) is 0.661. The van der Waals surface area contributed by atoms with Gasteiger partial charge in [-0.2, -0.15) is 10.5 Å². The first kappa shape index (κ1) is 9.17. The van der Waals surface area contributed by atoms with Crippen molar-refractivity contribution in [2.24, 2.45) is 5.73 Å². The van der Waals surface area contributed by atoms with Crippen LogP contribution in [0.25, 0.3) is 0 Å². The molecule has 0 fully saturated rings. The smallest absolute Gasteiger partial charge is 0.252 e. The number of nitrogens with zero attached hydrogens (tertiary/aromatic N) is 5. The molecule has 13 heavy (non-hydrogen) atoms. The molecule has 1 aromatic rings. The molecule has 6 heteroatoms. The maximum Gasteiger partial charge on any atom is 0.252 e. The minimum absolute atomic E-state index is 0.130. The predicted molar refractivity (Wildman–Crippen MR) is 42.9 cm³/mol. The summed E-state index contributed by atoms with van der Waals surface area (Å²) in [5, 5.41) is 20.6. The van der Waals surface area contributed by atoms with Crippen molar-refractivity contribution in [1.82, 2.24) is 14.8 Å². The number of rotatable bonds is 3. The van der Waals surface area contributed by atoms with Crippen molar-refractivity contribution in [2.45, 2.75) is 19.0 Å². The molecule has 1 rings (SSSR count). The summed E-state index contributed by atoms with van der Waals surface area (Å²) in [4.78, 5) is 3.71. The van der Waals surface area contributed by atoms with Crippen LogP contribution in [-0.4, -0.2) is 20.8 Å². The predicted octanol–water partition coefficient (Wildman–Crippen LogP) is -0.609. The molecule has 0 spiro atoms. The highest BCUT2D eigenvalue weighted by molar-refractivity contribution is 5.05. The summed E-state index contributed by atoms with van der Waals surface area (Å²) < 4.78 is 1.50. The van der Waals surface area contributed by atoms with E-state index in [1.807, 2.05) is 12.1 Å². The van der Waals surface area contributed by atoms with Crippen LogP contribution in [0.1, 0.15) is 12.2 Å². The van der Waals surface area contributed by atoms with Crippen molar-refractivity contribution in [3.05, 3.63) is 12.2 Å². The molecule has 1 aromatic heterocycles. The number of nitriles is 2. The molecule has 0 bridgehead atoms. The molecule has 0 saturated heterocycles. The van der Waals surface area contributed by atoms with E-state index in [-0.39, 0.29) is 5.82 Å². The monoisotopic (exact) mass is 176 g/mol. The third-order valence-electron chi connectivity index (χ3n) is 1.47. The molecule has 0 amide bonds. The molecular weight excluding hydrogens is 168 g/mol. The summed E-state index contributed by atoms with van der Waals surface area (Å²) in [7, 11) is 0. The number of hydrogen-bond acceptors (Lipinski definition) is 5. The number of hydrogen-bond donors (Lipinski definition) is 1. The standard InChI is InChI=1S/C7H8N6/c8-3-6(10)1-2-13-5-11-7(4-9)12-13/h5-6H,1-2,10H2. The van der Waals surface area contributed by atoms with Crippen molar-refractivity contribution in [2.75, 3.05) is 0 Å². The largest absolute Gasteiger partial charge is 0.316 e. The molecular formula is C7H8N6. The van der Waals surface area contributed by atoms with Crippen molar-refractivity contribution in [1.29, 1.82) is 10.5 Å². The molecule has 2 N–H and O–H groups in total. The third-order valence-corrected chi connectivity index (χ3v) is 1.47. The van der Waals surface area contributed by atoms with Gasteiger partial charge in [0.2, 0.25) is 0 Å². The van der Waals surface area contributed by atoms with Gasteiger partial charge in [0, 0.05) is 6.54 Å². The van der Waals surface area contributed by atoms with Crippen molar-refractivity contribution in [3.63, 3.8) is 0 Å². The van der Waals surface area contributed by atoms with Crippen LogP contribution in [0.2, 0.25) is 0 Å². The highest BCUT2D eigenvalue weighted by Gasteiger charge is 2.02. The lowest BCUT2D eigenvalue weighted by atomic mass is 10.2. The van der Waals surface area contributed by atoms with Crippen LogP contribution in [0.4, 0.5) is 0 Å². The molecule has 1 atom stereocenters. The topological polar surface area (TPSA) is 104 Å². The first-order valence-electron chi connectivity index (χ1n) is 3.71. The van der Waals surface area contributed by atoms with Crippen LogP contribution >= 0.6 is 0 Å². The van der Waals surface area contributed by atoms with Crippen LogP contribution in [0.3, 0.4) is 0 Å². The van der Waals surface area contributed by atoms with Crippen molar-refractivity contribution < 1.29 is 0 Å². The van der Waals surface area contributed by atoms with E-state index in [2.05, 4.69) is 10.1 Å². The van der Waals surface area contributed by atoms with Crippen LogP contribution in [0.5, 0.6) is 0 Å². The van der Waals surface area contributed by atoms with Gasteiger partial charge in [0.1, 0.15) is 12.4 Å². The lowest BCUT2D eigenvalue weighted by Gasteiger charge is -2.00. The lowest BCUT2D eigenvalue weighted by molar-refractivity contribution is 0.552. The number of aromatic nitrogens is 3. The second-order valence-electron chi connectivity index (χ2n) is 2.47. The molecule has 1 unspecified atom stereocenters. The Hall–Kier alpha value is -1.92. The zero-order valence-corrected chi connectivity index (χ0v) is 6.88. The highest BCUT2D eigenvalue weighted by atomic mass is 15.3. The van der Waals surface area contributed by atoms with E-state index in [9.17, 15) is 0 Å². The minimum atomic E-state index is -0.491. The van der Waals surface area contributed by atoms with Gasteiger partial charge in [-0.05, 0) is 6.42 Å². The lowest BCUT2D eigenvalue weighted by Crippen LogP contribution is -2.19. The summed E-state index contributed by atoms with van der Waals surface area (Å²) in [5.74, 6) is 0.130. The fourth-order valence-corrected chi connectivity index (χ4v) is 0.790. The van der Waals surface area contributed by atoms with E-state index < -0.39 is 6.04 Å². The SMILES string of the molecule is N#Cc1ncn(CCC(N)C#N)n1. The summed E-state index contributed by atoms with van der Waals surface area (Å²) >= 11 is 0. The third kappa shape index (κ3) is 2.55. The van der Waals surface area contributed by atoms with Gasteiger partial charge in [-0.1, -0.05) is 0 Å². The zero-order chi connectivity index (χ0) is 9.68. The van der Waals surface area contributed by atoms with E-state index in [0.29, 0.717) is 13.0 Å². The Bertz CT molecular complexity index is 354. The van der Waals surface area contributed by atoms with Gasteiger partial charge in [0.05, 0.1) is 12.1 Å². The van der Waals surface area contributed by atoms with Crippen molar-refractivity contribution >= 4 is 0 Å². The summed E-state index contributed by atoms with van der Waals surface area (Å²) in [5.41, 5.74) is 5.37. The maximum absolute atomic E-state index is 8.41. The number of aryl methyl sites for hydroxylation is 1. The van der Waals surface area contributed by atoms with Crippen LogP contribution in [0, 0.1) is 22.7 Å². The van der Waals surface area contributed by atoms with Gasteiger partial charge in [-0.3, -0.25) is 4.68 Å². The van der Waals surface area contributed by atoms with E-state index in [4.69, 9.17) is 16.3 Å². The molecule has 1 heterocycles. The molecule has 6 nitrogen and oxygen atoms in total. The Kier molecular flexibility index (Phi) is 2.96. The first-order chi connectivity index (χ1) is 6.26. The molecule has 0 radical (unpaired) electrons. The summed E-state index contributed by atoms with van der Waals surface area (Å²) in [6.07, 6.45) is 1.95. The van der Waals surface area contributed by atoms with Gasteiger partial charge in [-0.25, -0.2) is 4.98 Å². The molecule has 0 saturated carbocycles. The fraction of sp³-hybridized carbons (Fsp3) is 0.429. The van der Waals surface area contributed by atoms with E-state index >= 15 is 0 Å². The first-order valence-corrected chi connectivity index (χ1v) is 3.71. The second kappa shape index (κ2) is 4.19. The van der Waals surface area contributed by atoms with E-state index in [0.717, 1.165) is 0 Å². The summed E-state index contributed by atoms with van der Waals surface area (Å²) in [6, 6.07) is 3.23. The van der Waals surface area contributed by atoms with Crippen LogP contribution in [0.15, 0.2) is 6.33 Å². The van der Waals surface area contributed by atoms with E-state index in [1.54, 1.807) is 0 Å². The average Bonchev–Trinajstić information content (AvgIpc) is 2.61. The molecule has 0 aliphatic carbocycles. The van der Waals surface area contributed by atoms with Gasteiger partial charge in [0.15, 0.2) is 0 Å². The van der Waals surface area contributed by atoms with Gasteiger partial charge in [0.25, 0.3) is 5.82 Å². The Morgan fingerprint density at radius 1 is 1.62 bits per heavy atom. The number of nitrogens with two attached hydrogens (primary N) is 1. The van der Waals surface area contributed by atoms with Gasteiger partial charge < -0.3 is 5.73 Å². The minimum Gasteiger partial charge on any atom is -0.316 e. The zero-order valence-electron chi connectivity index (χ0n) is 6.88. The molecule has 0 aromatic carbocycles. The van der Waals surface area contributed by atoms with E-state index in [1.165, 1.54) is 11.0 Å². The van der Waals surface area contributed by atoms with Crippen LogP contribution in [-0.2, 0) is 6.54 Å². The Balaban J connectivity index is 2.48. The Labute approximate surface area is 75.2 Å². The fourth-order valence-electron chi connectivity index (χ4n) is 0.790. The molecule has 66 valence electrons. The Morgan fingerprint density at radius 2 is 2.38 bits per heavy atom. The normalized spacial score (nSPS) is 11.6. The summed E-state index contributed by atoms with van der Waals surface area (Å²) in [6.45, 7) is 0.503. The molecule has 0 aliphatic rings. The van der Waals surface area contributed by atoms with Gasteiger partial charge in [-0.15, -0.1) is 5.10 Å². The Morgan fingerprint density at radius 3 is 2.92 bits per heavy atom. The van der Waals surface area contributed by atoms with Crippen molar-refractivity contribution in [3.8, 4) is 12.1 Å². The second-order valence-corrected chi connectivity index (χ2v) is 2.47. The molecule has 0 aliphatic heterocycles.